The molecule has 1 amide bonds. The molecule has 154 valence electrons. The van der Waals surface area contributed by atoms with Crippen molar-refractivity contribution in [2.24, 2.45) is 0 Å². The first-order valence-electron chi connectivity index (χ1n) is 9.58. The van der Waals surface area contributed by atoms with Gasteiger partial charge in [0.2, 0.25) is 10.0 Å². The van der Waals surface area contributed by atoms with E-state index < -0.39 is 10.0 Å². The zero-order valence-corrected chi connectivity index (χ0v) is 17.7. The summed E-state index contributed by atoms with van der Waals surface area (Å²) in [5, 5.41) is 0. The molecular formula is C21H19N3O4S2. The monoisotopic (exact) mass is 441 g/mol. The van der Waals surface area contributed by atoms with Gasteiger partial charge in [0.05, 0.1) is 4.88 Å². The van der Waals surface area contributed by atoms with E-state index in [0.29, 0.717) is 24.6 Å². The summed E-state index contributed by atoms with van der Waals surface area (Å²) in [6.45, 7) is 1.69. The van der Waals surface area contributed by atoms with Crippen molar-refractivity contribution in [3.05, 3.63) is 65.3 Å². The fraction of sp³-hybridized carbons (Fsp3) is 0.238. The largest absolute Gasteiger partial charge is 0.488 e. The quantitative estimate of drug-likeness (QED) is 0.625. The Kier molecular flexibility index (Phi) is 4.80. The predicted molar refractivity (Wildman–Crippen MR) is 113 cm³/mol. The topological polar surface area (TPSA) is 79.8 Å². The lowest BCUT2D eigenvalue weighted by Crippen LogP contribution is -2.50. The van der Waals surface area contributed by atoms with Crippen molar-refractivity contribution >= 4 is 27.3 Å². The predicted octanol–water partition coefficient (Wildman–Crippen LogP) is 2.85. The van der Waals surface area contributed by atoms with Crippen molar-refractivity contribution in [1.29, 1.82) is 0 Å². The van der Waals surface area contributed by atoms with Gasteiger partial charge >= 0.3 is 0 Å². The second kappa shape index (κ2) is 7.50. The van der Waals surface area contributed by atoms with Crippen LogP contribution < -0.4 is 4.74 Å². The average molecular weight is 442 g/mol. The van der Waals surface area contributed by atoms with Gasteiger partial charge in [-0.2, -0.15) is 4.31 Å². The van der Waals surface area contributed by atoms with Crippen LogP contribution in [0.3, 0.4) is 0 Å². The lowest BCUT2D eigenvalue weighted by atomic mass is 10.1. The fourth-order valence-corrected chi connectivity index (χ4v) is 6.29. The van der Waals surface area contributed by atoms with Gasteiger partial charge in [-0.3, -0.25) is 9.78 Å². The van der Waals surface area contributed by atoms with Gasteiger partial charge in [0.15, 0.2) is 0 Å². The number of nitrogens with zero attached hydrogens (tertiary/aromatic N) is 3. The molecule has 2 aromatic heterocycles. The zero-order valence-electron chi connectivity index (χ0n) is 16.0. The van der Waals surface area contributed by atoms with Crippen LogP contribution in [0.15, 0.2) is 59.8 Å². The number of piperazine rings is 1. The molecule has 1 saturated heterocycles. The zero-order chi connectivity index (χ0) is 20.7. The summed E-state index contributed by atoms with van der Waals surface area (Å²) in [4.78, 5) is 20.6. The van der Waals surface area contributed by atoms with Crippen molar-refractivity contribution in [2.45, 2.75) is 11.5 Å². The normalized spacial score (nSPS) is 16.5. The number of ether oxygens (including phenoxy) is 1. The summed E-state index contributed by atoms with van der Waals surface area (Å²) in [6.07, 6.45) is 2.89. The first kappa shape index (κ1) is 19.2. The molecule has 30 heavy (non-hydrogen) atoms. The summed E-state index contributed by atoms with van der Waals surface area (Å²) >= 11 is 1.47. The standard InChI is InChI=1S/C21H19N3O4S2/c25-21(19-12-15-14-28-18-6-2-1-5-17(18)20(15)29-19)23-8-10-24(11-9-23)30(26,27)16-4-3-7-22-13-16/h1-7,12-13H,8-11,14H2. The summed E-state index contributed by atoms with van der Waals surface area (Å²) in [5.74, 6) is 0.769. The Hall–Kier alpha value is -2.75. The molecular weight excluding hydrogens is 422 g/mol. The second-order valence-corrected chi connectivity index (χ2v) is 10.1. The third-order valence-corrected chi connectivity index (χ3v) is 8.41. The van der Waals surface area contributed by atoms with E-state index in [1.807, 2.05) is 30.3 Å². The van der Waals surface area contributed by atoms with Crippen LogP contribution in [-0.2, 0) is 16.6 Å². The molecule has 0 N–H and O–H groups in total. The SMILES string of the molecule is O=C(c1cc2c(s1)-c1ccccc1OC2)N1CCN(S(=O)(=O)c2cccnc2)CC1. The maximum atomic E-state index is 13.1. The Morgan fingerprint density at radius 2 is 1.87 bits per heavy atom. The maximum absolute atomic E-state index is 13.1. The second-order valence-electron chi connectivity index (χ2n) is 7.13. The minimum absolute atomic E-state index is 0.0645. The Morgan fingerprint density at radius 3 is 2.63 bits per heavy atom. The first-order chi connectivity index (χ1) is 14.5. The van der Waals surface area contributed by atoms with Gasteiger partial charge in [-0.05, 0) is 30.3 Å². The van der Waals surface area contributed by atoms with Crippen LogP contribution in [0.25, 0.3) is 10.4 Å². The highest BCUT2D eigenvalue weighted by atomic mass is 32.2. The smallest absolute Gasteiger partial charge is 0.264 e. The van der Waals surface area contributed by atoms with Crippen LogP contribution in [0.2, 0.25) is 0 Å². The van der Waals surface area contributed by atoms with Gasteiger partial charge in [0, 0.05) is 54.6 Å². The Morgan fingerprint density at radius 1 is 1.07 bits per heavy atom. The van der Waals surface area contributed by atoms with E-state index in [2.05, 4.69) is 4.98 Å². The number of hydrogen-bond donors (Lipinski definition) is 0. The highest BCUT2D eigenvalue weighted by Crippen LogP contribution is 2.42. The molecule has 2 aliphatic heterocycles. The summed E-state index contributed by atoms with van der Waals surface area (Å²) in [5.41, 5.74) is 2.02. The van der Waals surface area contributed by atoms with Crippen LogP contribution in [0.1, 0.15) is 15.2 Å². The van der Waals surface area contributed by atoms with Crippen LogP contribution >= 0.6 is 11.3 Å². The molecule has 0 spiro atoms. The van der Waals surface area contributed by atoms with E-state index in [0.717, 1.165) is 21.8 Å². The van der Waals surface area contributed by atoms with E-state index in [9.17, 15) is 13.2 Å². The molecule has 9 heteroatoms. The lowest BCUT2D eigenvalue weighted by Gasteiger charge is -2.33. The number of pyridine rings is 1. The maximum Gasteiger partial charge on any atom is 0.264 e. The molecule has 1 fully saturated rings. The molecule has 0 atom stereocenters. The Labute approximate surface area is 178 Å². The third-order valence-electron chi connectivity index (χ3n) is 5.33. The van der Waals surface area contributed by atoms with Crippen LogP contribution in [-0.4, -0.2) is 54.7 Å². The van der Waals surface area contributed by atoms with Crippen molar-refractivity contribution in [2.75, 3.05) is 26.2 Å². The van der Waals surface area contributed by atoms with Crippen molar-refractivity contribution in [3.8, 4) is 16.2 Å². The third kappa shape index (κ3) is 3.28. The highest BCUT2D eigenvalue weighted by molar-refractivity contribution is 7.89. The van der Waals surface area contributed by atoms with E-state index in [1.165, 1.54) is 27.9 Å². The number of para-hydroxylation sites is 1. The van der Waals surface area contributed by atoms with Gasteiger partial charge in [-0.1, -0.05) is 12.1 Å². The number of hydrogen-bond acceptors (Lipinski definition) is 6. The van der Waals surface area contributed by atoms with Gasteiger partial charge in [-0.15, -0.1) is 11.3 Å². The van der Waals surface area contributed by atoms with Crippen molar-refractivity contribution in [1.82, 2.24) is 14.2 Å². The van der Waals surface area contributed by atoms with Crippen LogP contribution in [0.4, 0.5) is 0 Å². The molecule has 0 unspecified atom stereocenters. The van der Waals surface area contributed by atoms with Crippen LogP contribution in [0, 0.1) is 0 Å². The first-order valence-corrected chi connectivity index (χ1v) is 11.8. The van der Waals surface area contributed by atoms with Gasteiger partial charge in [-0.25, -0.2) is 8.42 Å². The molecule has 7 nitrogen and oxygen atoms in total. The van der Waals surface area contributed by atoms with Crippen molar-refractivity contribution in [3.63, 3.8) is 0 Å². The number of carbonyl (C=O) groups excluding carboxylic acids is 1. The Bertz CT molecular complexity index is 1200. The summed E-state index contributed by atoms with van der Waals surface area (Å²) < 4.78 is 32.7. The summed E-state index contributed by atoms with van der Waals surface area (Å²) in [6, 6.07) is 12.9. The van der Waals surface area contributed by atoms with Gasteiger partial charge in [0.25, 0.3) is 5.91 Å². The number of aromatic nitrogens is 1. The minimum atomic E-state index is -3.59. The van der Waals surface area contributed by atoms with E-state index in [1.54, 1.807) is 17.2 Å². The van der Waals surface area contributed by atoms with E-state index in [4.69, 9.17) is 4.74 Å². The molecule has 5 rings (SSSR count). The molecule has 0 saturated carbocycles. The average Bonchev–Trinajstić information content (AvgIpc) is 3.24. The lowest BCUT2D eigenvalue weighted by molar-refractivity contribution is 0.0702. The number of carbonyl (C=O) groups is 1. The molecule has 4 heterocycles. The number of sulfonamides is 1. The summed E-state index contributed by atoms with van der Waals surface area (Å²) in [7, 11) is -3.59. The number of benzene rings is 1. The van der Waals surface area contributed by atoms with Gasteiger partial charge in [0.1, 0.15) is 17.3 Å². The van der Waals surface area contributed by atoms with Crippen molar-refractivity contribution < 1.29 is 17.9 Å². The van der Waals surface area contributed by atoms with Crippen LogP contribution in [0.5, 0.6) is 5.75 Å². The molecule has 0 aliphatic carbocycles. The van der Waals surface area contributed by atoms with E-state index >= 15 is 0 Å². The minimum Gasteiger partial charge on any atom is -0.488 e. The number of thiophene rings is 1. The molecule has 2 aliphatic rings. The number of amides is 1. The highest BCUT2D eigenvalue weighted by Gasteiger charge is 2.32. The van der Waals surface area contributed by atoms with E-state index in [-0.39, 0.29) is 23.9 Å². The molecule has 1 aromatic carbocycles. The molecule has 3 aromatic rings. The molecule has 0 radical (unpaired) electrons. The van der Waals surface area contributed by atoms with Gasteiger partial charge < -0.3 is 9.64 Å². The number of fused-ring (bicyclic) bond motifs is 3. The fourth-order valence-electron chi connectivity index (χ4n) is 3.74. The Balaban J connectivity index is 1.31. The number of rotatable bonds is 3. The molecule has 0 bridgehead atoms.